The van der Waals surface area contributed by atoms with Crippen molar-refractivity contribution < 1.29 is 24.0 Å². The molecule has 2 rings (SSSR count). The maximum absolute atomic E-state index is 12.1. The maximum atomic E-state index is 12.1. The van der Waals surface area contributed by atoms with E-state index in [-0.39, 0.29) is 42.5 Å². The van der Waals surface area contributed by atoms with Crippen molar-refractivity contribution in [2.24, 2.45) is 0 Å². The number of hydrogen-bond acceptors (Lipinski definition) is 7. The van der Waals surface area contributed by atoms with Gasteiger partial charge in [0.15, 0.2) is 0 Å². The van der Waals surface area contributed by atoms with Crippen LogP contribution in [0.1, 0.15) is 0 Å². The van der Waals surface area contributed by atoms with Crippen LogP contribution in [0, 0.1) is 10.1 Å². The molecular weight excluding hydrogens is 344 g/mol. The first-order valence-corrected chi connectivity index (χ1v) is 7.96. The molecule has 1 saturated heterocycles. The topological polar surface area (TPSA) is 114 Å². The molecule has 0 saturated carbocycles. The highest BCUT2D eigenvalue weighted by Crippen LogP contribution is 2.29. The second-order valence-corrected chi connectivity index (χ2v) is 6.11. The minimum atomic E-state index is -0.532. The first-order valence-electron chi connectivity index (χ1n) is 7.96. The van der Waals surface area contributed by atoms with Crippen LogP contribution in [0.25, 0.3) is 0 Å². The number of likely N-dealkylation sites (N-methyl/N-ethyl adjacent to an activating group) is 1. The fraction of sp³-hybridized carbons (Fsp3) is 0.500. The molecule has 1 heterocycles. The zero-order valence-electron chi connectivity index (χ0n) is 14.9. The molecular formula is C16H22N4O6. The maximum Gasteiger partial charge on any atom is 0.273 e. The minimum Gasteiger partial charge on any atom is -0.494 e. The van der Waals surface area contributed by atoms with E-state index in [0.29, 0.717) is 18.8 Å². The van der Waals surface area contributed by atoms with Gasteiger partial charge in [-0.1, -0.05) is 0 Å². The molecule has 10 nitrogen and oxygen atoms in total. The number of nitrogens with zero attached hydrogens (tertiary/aromatic N) is 3. The molecule has 26 heavy (non-hydrogen) atoms. The molecule has 0 atom stereocenters. The van der Waals surface area contributed by atoms with Crippen molar-refractivity contribution in [1.82, 2.24) is 9.80 Å². The number of methoxy groups -OCH3 is 1. The molecule has 10 heteroatoms. The molecule has 1 aromatic carbocycles. The van der Waals surface area contributed by atoms with Crippen molar-refractivity contribution >= 4 is 23.2 Å². The Bertz CT molecular complexity index is 687. The molecule has 1 aromatic rings. The van der Waals surface area contributed by atoms with E-state index in [1.807, 2.05) is 4.90 Å². The Morgan fingerprint density at radius 2 is 2.08 bits per heavy atom. The van der Waals surface area contributed by atoms with Crippen LogP contribution in [-0.4, -0.2) is 80.1 Å². The van der Waals surface area contributed by atoms with Crippen LogP contribution < -0.4 is 10.1 Å². The molecule has 0 bridgehead atoms. The predicted octanol–water partition coefficient (Wildman–Crippen LogP) is 0.331. The summed E-state index contributed by atoms with van der Waals surface area (Å²) in [6.45, 7) is 1.30. The Kier molecular flexibility index (Phi) is 6.47. The number of non-ortho nitro benzene ring substituents is 1. The second-order valence-electron chi connectivity index (χ2n) is 6.11. The molecule has 1 fully saturated rings. The van der Waals surface area contributed by atoms with E-state index in [4.69, 9.17) is 9.47 Å². The number of carbonyl (C=O) groups excluding carboxylic acids is 2. The third-order valence-electron chi connectivity index (χ3n) is 3.90. The van der Waals surface area contributed by atoms with Crippen LogP contribution in [0.4, 0.5) is 11.4 Å². The van der Waals surface area contributed by atoms with Crippen LogP contribution >= 0.6 is 0 Å². The van der Waals surface area contributed by atoms with Gasteiger partial charge in [0.05, 0.1) is 36.4 Å². The second kappa shape index (κ2) is 8.59. The van der Waals surface area contributed by atoms with Gasteiger partial charge in [0.25, 0.3) is 5.69 Å². The summed E-state index contributed by atoms with van der Waals surface area (Å²) in [7, 11) is 4.70. The summed E-state index contributed by atoms with van der Waals surface area (Å²) in [4.78, 5) is 37.1. The number of rotatable bonds is 8. The molecule has 2 amide bonds. The molecule has 1 aliphatic heterocycles. The van der Waals surface area contributed by atoms with E-state index in [1.54, 1.807) is 14.1 Å². The Labute approximate surface area is 150 Å². The van der Waals surface area contributed by atoms with Gasteiger partial charge in [0.1, 0.15) is 12.4 Å². The third kappa shape index (κ3) is 5.14. The highest BCUT2D eigenvalue weighted by molar-refractivity contribution is 5.94. The number of ether oxygens (including phenoxy) is 2. The van der Waals surface area contributed by atoms with Gasteiger partial charge < -0.3 is 19.7 Å². The normalized spacial score (nSPS) is 14.4. The number of amides is 2. The Morgan fingerprint density at radius 1 is 1.38 bits per heavy atom. The number of benzene rings is 1. The van der Waals surface area contributed by atoms with Crippen molar-refractivity contribution in [3.63, 3.8) is 0 Å². The standard InChI is InChI=1S/C16H22N4O6/c1-18(2)16(22)10-26-12-7-19(8-12)9-15(21)17-13-5-4-11(20(23)24)6-14(13)25-3/h4-6,12H,7-10H2,1-3H3,(H,17,21). The Morgan fingerprint density at radius 3 is 2.65 bits per heavy atom. The van der Waals surface area contributed by atoms with Gasteiger partial charge in [-0.25, -0.2) is 0 Å². The number of nitrogens with one attached hydrogen (secondary N) is 1. The van der Waals surface area contributed by atoms with E-state index in [0.717, 1.165) is 0 Å². The number of nitro benzene ring substituents is 1. The van der Waals surface area contributed by atoms with Crippen LogP contribution in [0.2, 0.25) is 0 Å². The van der Waals surface area contributed by atoms with Crippen LogP contribution in [-0.2, 0) is 14.3 Å². The van der Waals surface area contributed by atoms with Crippen molar-refractivity contribution in [2.75, 3.05) is 52.8 Å². The molecule has 0 aromatic heterocycles. The zero-order valence-corrected chi connectivity index (χ0v) is 14.9. The molecule has 1 N–H and O–H groups in total. The number of carbonyl (C=O) groups is 2. The molecule has 0 radical (unpaired) electrons. The number of anilines is 1. The molecule has 0 spiro atoms. The van der Waals surface area contributed by atoms with Gasteiger partial charge in [0.2, 0.25) is 11.8 Å². The van der Waals surface area contributed by atoms with Gasteiger partial charge in [-0.2, -0.15) is 0 Å². The molecule has 1 aliphatic rings. The summed E-state index contributed by atoms with van der Waals surface area (Å²) < 4.78 is 10.5. The van der Waals surface area contributed by atoms with Crippen molar-refractivity contribution in [2.45, 2.75) is 6.10 Å². The lowest BCUT2D eigenvalue weighted by molar-refractivity contribution is -0.384. The van der Waals surface area contributed by atoms with Crippen molar-refractivity contribution in [3.8, 4) is 5.75 Å². The molecule has 142 valence electrons. The van der Waals surface area contributed by atoms with Gasteiger partial charge in [-0.3, -0.25) is 24.6 Å². The van der Waals surface area contributed by atoms with Crippen molar-refractivity contribution in [3.05, 3.63) is 28.3 Å². The molecule has 0 aliphatic carbocycles. The van der Waals surface area contributed by atoms with Crippen LogP contribution in [0.15, 0.2) is 18.2 Å². The van der Waals surface area contributed by atoms with Crippen LogP contribution in [0.5, 0.6) is 5.75 Å². The largest absolute Gasteiger partial charge is 0.494 e. The third-order valence-corrected chi connectivity index (χ3v) is 3.90. The SMILES string of the molecule is COc1cc([N+](=O)[O-])ccc1NC(=O)CN1CC(OCC(=O)N(C)C)C1. The summed E-state index contributed by atoms with van der Waals surface area (Å²) in [5.74, 6) is -0.147. The quantitative estimate of drug-likeness (QED) is 0.521. The first-order chi connectivity index (χ1) is 12.3. The first kappa shape index (κ1) is 19.6. The fourth-order valence-corrected chi connectivity index (χ4v) is 2.36. The van der Waals surface area contributed by atoms with Gasteiger partial charge in [0, 0.05) is 33.3 Å². The number of hydrogen-bond donors (Lipinski definition) is 1. The summed E-state index contributed by atoms with van der Waals surface area (Å²) in [6, 6.07) is 3.99. The van der Waals surface area contributed by atoms with E-state index < -0.39 is 4.92 Å². The average molecular weight is 366 g/mol. The summed E-state index contributed by atoms with van der Waals surface area (Å²) in [5, 5.41) is 13.5. The summed E-state index contributed by atoms with van der Waals surface area (Å²) in [5.41, 5.74) is 0.253. The predicted molar refractivity (Wildman–Crippen MR) is 93.2 cm³/mol. The lowest BCUT2D eigenvalue weighted by Gasteiger charge is -2.38. The summed E-state index contributed by atoms with van der Waals surface area (Å²) in [6.07, 6.45) is -0.0689. The van der Waals surface area contributed by atoms with Gasteiger partial charge in [-0.05, 0) is 6.07 Å². The fourth-order valence-electron chi connectivity index (χ4n) is 2.36. The monoisotopic (exact) mass is 366 g/mol. The van der Waals surface area contributed by atoms with Crippen LogP contribution in [0.3, 0.4) is 0 Å². The highest BCUT2D eigenvalue weighted by Gasteiger charge is 2.29. The van der Waals surface area contributed by atoms with E-state index in [9.17, 15) is 19.7 Å². The van der Waals surface area contributed by atoms with E-state index in [1.165, 1.54) is 30.2 Å². The van der Waals surface area contributed by atoms with Gasteiger partial charge in [-0.15, -0.1) is 0 Å². The summed E-state index contributed by atoms with van der Waals surface area (Å²) >= 11 is 0. The minimum absolute atomic E-state index is 0.0255. The smallest absolute Gasteiger partial charge is 0.273 e. The average Bonchev–Trinajstić information content (AvgIpc) is 2.56. The van der Waals surface area contributed by atoms with Crippen molar-refractivity contribution in [1.29, 1.82) is 0 Å². The zero-order chi connectivity index (χ0) is 19.3. The Balaban J connectivity index is 1.78. The number of nitro groups is 1. The van der Waals surface area contributed by atoms with E-state index in [2.05, 4.69) is 5.32 Å². The highest BCUT2D eigenvalue weighted by atomic mass is 16.6. The molecule has 0 unspecified atom stereocenters. The number of likely N-dealkylation sites (tertiary alicyclic amines) is 1. The van der Waals surface area contributed by atoms with E-state index >= 15 is 0 Å². The van der Waals surface area contributed by atoms with Gasteiger partial charge >= 0.3 is 0 Å². The Hall–Kier alpha value is -2.72. The lowest BCUT2D eigenvalue weighted by Crippen LogP contribution is -2.55. The lowest BCUT2D eigenvalue weighted by atomic mass is 10.1.